The van der Waals surface area contributed by atoms with Gasteiger partial charge in [0.05, 0.1) is 20.3 Å². The van der Waals surface area contributed by atoms with Gasteiger partial charge in [0.15, 0.2) is 5.92 Å². The molecule has 0 saturated carbocycles. The lowest BCUT2D eigenvalue weighted by molar-refractivity contribution is -0.162. The van der Waals surface area contributed by atoms with Crippen molar-refractivity contribution in [3.8, 4) is 0 Å². The number of methoxy groups -OCH3 is 2. The molecule has 0 amide bonds. The Hall–Kier alpha value is -3.22. The number of aliphatic hydroxyl groups is 1. The molecule has 4 atom stereocenters. The molecule has 31 heavy (non-hydrogen) atoms. The highest BCUT2D eigenvalue weighted by Crippen LogP contribution is 2.45. The lowest BCUT2D eigenvalue weighted by Gasteiger charge is -2.29. The molecular weight excluding hydrogens is 396 g/mol. The number of aliphatic hydroxyl groups excluding tert-OH is 1. The van der Waals surface area contributed by atoms with Gasteiger partial charge in [0, 0.05) is 5.92 Å². The fourth-order valence-electron chi connectivity index (χ4n) is 4.25. The third-order valence-electron chi connectivity index (χ3n) is 5.84. The highest BCUT2D eigenvalue weighted by atomic mass is 16.5. The van der Waals surface area contributed by atoms with E-state index in [9.17, 15) is 14.7 Å². The van der Waals surface area contributed by atoms with E-state index < -0.39 is 29.9 Å². The molecule has 6 heteroatoms. The number of carbonyl (C=O) groups is 2. The Bertz CT molecular complexity index is 993. The molecule has 2 aromatic carbocycles. The van der Waals surface area contributed by atoms with Gasteiger partial charge >= 0.3 is 11.9 Å². The van der Waals surface area contributed by atoms with Crippen molar-refractivity contribution in [1.82, 2.24) is 0 Å². The zero-order valence-corrected chi connectivity index (χ0v) is 17.3. The second-order valence-corrected chi connectivity index (χ2v) is 7.53. The number of rotatable bonds is 3. The van der Waals surface area contributed by atoms with Crippen LogP contribution in [0.3, 0.4) is 0 Å². The summed E-state index contributed by atoms with van der Waals surface area (Å²) in [4.78, 5) is 23.6. The Morgan fingerprint density at radius 1 is 0.839 bits per heavy atom. The van der Waals surface area contributed by atoms with Crippen molar-refractivity contribution < 1.29 is 28.9 Å². The van der Waals surface area contributed by atoms with Crippen LogP contribution in [0.5, 0.6) is 0 Å². The highest BCUT2D eigenvalue weighted by molar-refractivity contribution is 5.95. The summed E-state index contributed by atoms with van der Waals surface area (Å²) < 4.78 is 14.9. The molecule has 6 nitrogen and oxygen atoms in total. The molecule has 1 N–H and O–H groups in total. The minimum Gasteiger partial charge on any atom is -0.468 e. The first kappa shape index (κ1) is 21.0. The molecule has 160 valence electrons. The average molecular weight is 420 g/mol. The zero-order chi connectivity index (χ0) is 22.0. The van der Waals surface area contributed by atoms with Gasteiger partial charge in [0.1, 0.15) is 12.2 Å². The minimum atomic E-state index is -1.18. The highest BCUT2D eigenvalue weighted by Gasteiger charge is 2.41. The molecule has 0 aromatic heterocycles. The topological polar surface area (TPSA) is 82.1 Å². The second-order valence-electron chi connectivity index (χ2n) is 7.53. The van der Waals surface area contributed by atoms with Gasteiger partial charge in [-0.05, 0) is 22.3 Å². The van der Waals surface area contributed by atoms with Gasteiger partial charge in [0.25, 0.3) is 0 Å². The first-order chi connectivity index (χ1) is 15.0. The number of ether oxygens (including phenoxy) is 3. The standard InChI is InChI=1S/C15H16O5.C10H8O/c1-19-14(17)12(15(18)20-2)11-8-7-9-5-3-4-6-10(9)13(11)16;1-2-4-8-7(3-1)9-5-6-10(8)11-9/h3-8,11-13,16H,1-2H3;1-6,9-10H/t11-,13+;/m0./s1. The molecule has 2 aromatic rings. The molecular formula is C25H24O6. The summed E-state index contributed by atoms with van der Waals surface area (Å²) in [6, 6.07) is 15.7. The average Bonchev–Trinajstić information content (AvgIpc) is 3.44. The Morgan fingerprint density at radius 3 is 1.90 bits per heavy atom. The largest absolute Gasteiger partial charge is 0.468 e. The van der Waals surface area contributed by atoms with Crippen molar-refractivity contribution in [2.45, 2.75) is 18.3 Å². The summed E-state index contributed by atoms with van der Waals surface area (Å²) in [7, 11) is 2.40. The number of carbonyl (C=O) groups excluding carboxylic acids is 2. The van der Waals surface area contributed by atoms with E-state index in [2.05, 4.69) is 45.9 Å². The van der Waals surface area contributed by atoms with Crippen molar-refractivity contribution in [2.75, 3.05) is 14.2 Å². The van der Waals surface area contributed by atoms with E-state index in [1.807, 2.05) is 12.1 Å². The van der Waals surface area contributed by atoms with Crippen molar-refractivity contribution in [3.63, 3.8) is 0 Å². The molecule has 1 aliphatic carbocycles. The second kappa shape index (κ2) is 8.88. The molecule has 5 rings (SSSR count). The van der Waals surface area contributed by atoms with Crippen LogP contribution in [-0.4, -0.2) is 31.3 Å². The smallest absolute Gasteiger partial charge is 0.320 e. The van der Waals surface area contributed by atoms with Gasteiger partial charge in [-0.15, -0.1) is 0 Å². The lowest BCUT2D eigenvalue weighted by atomic mass is 9.79. The number of hydrogen-bond donors (Lipinski definition) is 1. The van der Waals surface area contributed by atoms with E-state index in [1.165, 1.54) is 25.3 Å². The maximum absolute atomic E-state index is 11.8. The molecule has 0 saturated heterocycles. The molecule has 0 spiro atoms. The summed E-state index contributed by atoms with van der Waals surface area (Å²) in [5.41, 5.74) is 4.24. The summed E-state index contributed by atoms with van der Waals surface area (Å²) in [6.07, 6.45) is 7.23. The minimum absolute atomic E-state index is 0.246. The van der Waals surface area contributed by atoms with Crippen molar-refractivity contribution in [1.29, 1.82) is 0 Å². The van der Waals surface area contributed by atoms with E-state index in [1.54, 1.807) is 24.3 Å². The Morgan fingerprint density at radius 2 is 1.35 bits per heavy atom. The van der Waals surface area contributed by atoms with Gasteiger partial charge in [-0.25, -0.2) is 0 Å². The number of benzene rings is 2. The van der Waals surface area contributed by atoms with Crippen LogP contribution in [0.4, 0.5) is 0 Å². The van der Waals surface area contributed by atoms with Gasteiger partial charge in [-0.1, -0.05) is 72.8 Å². The van der Waals surface area contributed by atoms with Crippen LogP contribution < -0.4 is 0 Å². The van der Waals surface area contributed by atoms with Gasteiger partial charge in [0.2, 0.25) is 0 Å². The number of esters is 2. The zero-order valence-electron chi connectivity index (χ0n) is 17.3. The summed E-state index contributed by atoms with van der Waals surface area (Å²) in [5.74, 6) is -3.32. The Balaban J connectivity index is 0.000000174. The molecule has 2 bridgehead atoms. The van der Waals surface area contributed by atoms with Gasteiger partial charge in [-0.3, -0.25) is 9.59 Å². The quantitative estimate of drug-likeness (QED) is 0.463. The third kappa shape index (κ3) is 3.92. The van der Waals surface area contributed by atoms with Crippen molar-refractivity contribution in [3.05, 3.63) is 89.0 Å². The number of hydrogen-bond acceptors (Lipinski definition) is 6. The predicted octanol–water partition coefficient (Wildman–Crippen LogP) is 3.69. The molecule has 2 unspecified atom stereocenters. The Labute approximate surface area is 180 Å². The third-order valence-corrected chi connectivity index (χ3v) is 5.84. The molecule has 3 aliphatic rings. The van der Waals surface area contributed by atoms with Crippen LogP contribution in [0, 0.1) is 11.8 Å². The van der Waals surface area contributed by atoms with Crippen LogP contribution in [0.2, 0.25) is 0 Å². The fourth-order valence-corrected chi connectivity index (χ4v) is 4.25. The SMILES string of the molecule is C1=CC2OC1c1ccccc12.COC(=O)C(C(=O)OC)[C@@H]1C=Cc2ccccc2[C@H]1O. The van der Waals surface area contributed by atoms with Crippen molar-refractivity contribution in [2.24, 2.45) is 11.8 Å². The molecule has 2 aliphatic heterocycles. The molecule has 0 radical (unpaired) electrons. The van der Waals surface area contributed by atoms with Crippen LogP contribution in [0.1, 0.15) is 40.6 Å². The van der Waals surface area contributed by atoms with Gasteiger partial charge < -0.3 is 19.3 Å². The van der Waals surface area contributed by atoms with E-state index >= 15 is 0 Å². The summed E-state index contributed by atoms with van der Waals surface area (Å²) in [5, 5.41) is 10.4. The van der Waals surface area contributed by atoms with Crippen LogP contribution >= 0.6 is 0 Å². The van der Waals surface area contributed by atoms with Crippen LogP contribution in [-0.2, 0) is 23.8 Å². The van der Waals surface area contributed by atoms with Gasteiger partial charge in [-0.2, -0.15) is 0 Å². The molecule has 2 heterocycles. The van der Waals surface area contributed by atoms with E-state index in [0.29, 0.717) is 5.56 Å². The maximum atomic E-state index is 11.8. The monoisotopic (exact) mass is 420 g/mol. The van der Waals surface area contributed by atoms with Crippen LogP contribution in [0.25, 0.3) is 6.08 Å². The molecule has 0 fully saturated rings. The number of fused-ring (bicyclic) bond motifs is 6. The van der Waals surface area contributed by atoms with E-state index in [-0.39, 0.29) is 12.2 Å². The normalized spacial score (nSPS) is 24.1. The van der Waals surface area contributed by atoms with Crippen LogP contribution in [0.15, 0.2) is 66.8 Å². The maximum Gasteiger partial charge on any atom is 0.320 e. The predicted molar refractivity (Wildman–Crippen MR) is 114 cm³/mol. The van der Waals surface area contributed by atoms with Crippen molar-refractivity contribution >= 4 is 18.0 Å². The first-order valence-electron chi connectivity index (χ1n) is 10.1. The fraction of sp³-hybridized carbons (Fsp3) is 0.280. The van der Waals surface area contributed by atoms with E-state index in [4.69, 9.17) is 4.74 Å². The summed E-state index contributed by atoms with van der Waals surface area (Å²) >= 11 is 0. The first-order valence-corrected chi connectivity index (χ1v) is 10.1. The summed E-state index contributed by atoms with van der Waals surface area (Å²) in [6.45, 7) is 0. The Kier molecular flexibility index (Phi) is 6.02. The lowest BCUT2D eigenvalue weighted by Crippen LogP contribution is -2.36. The van der Waals surface area contributed by atoms with E-state index in [0.717, 1.165) is 5.56 Å².